The van der Waals surface area contributed by atoms with Crippen molar-refractivity contribution in [2.75, 3.05) is 7.11 Å². The van der Waals surface area contributed by atoms with Gasteiger partial charge in [0.15, 0.2) is 6.10 Å². The maximum absolute atomic E-state index is 13.4. The number of halogens is 2. The molecule has 1 aromatic heterocycles. The third-order valence-corrected chi connectivity index (χ3v) is 7.52. The average Bonchev–Trinajstić information content (AvgIpc) is 2.85. The maximum Gasteiger partial charge on any atom is 0.346 e. The molecule has 7 nitrogen and oxygen atoms in total. The minimum atomic E-state index is -0.716. The zero-order chi connectivity index (χ0) is 24.2. The number of esters is 1. The minimum Gasteiger partial charge on any atom is -0.477 e. The van der Waals surface area contributed by atoms with Gasteiger partial charge in [0.2, 0.25) is 0 Å². The third-order valence-electron chi connectivity index (χ3n) is 5.92. The van der Waals surface area contributed by atoms with E-state index < -0.39 is 12.1 Å². The summed E-state index contributed by atoms with van der Waals surface area (Å²) in [4.78, 5) is 30.0. The molecular weight excluding hydrogens is 660 g/mol. The first-order chi connectivity index (χ1) is 16.4. The average molecular weight is 685 g/mol. The molecule has 1 aliphatic rings. The molecule has 0 aliphatic heterocycles. The Labute approximate surface area is 225 Å². The summed E-state index contributed by atoms with van der Waals surface area (Å²) in [5.41, 5.74) is 1.38. The Hall–Kier alpha value is -2.02. The number of aromatic nitrogens is 2. The first-order valence-corrected chi connectivity index (χ1v) is 13.3. The molecule has 0 unspecified atom stereocenters. The van der Waals surface area contributed by atoms with E-state index in [4.69, 9.17) is 14.5 Å². The number of ether oxygens (including phenoxy) is 2. The van der Waals surface area contributed by atoms with Gasteiger partial charge in [-0.1, -0.05) is 31.4 Å². The van der Waals surface area contributed by atoms with Crippen molar-refractivity contribution in [1.29, 1.82) is 0 Å². The number of hydrogen-bond acceptors (Lipinski definition) is 6. The summed E-state index contributed by atoms with van der Waals surface area (Å²) in [6.07, 6.45) is 6.49. The van der Waals surface area contributed by atoms with Crippen LogP contribution in [0.3, 0.4) is 0 Å². The Bertz CT molecular complexity index is 1280. The van der Waals surface area contributed by atoms with E-state index in [2.05, 4.69) is 50.3 Å². The second-order valence-corrected chi connectivity index (χ2v) is 10.6. The monoisotopic (exact) mass is 685 g/mol. The van der Waals surface area contributed by atoms with Crippen molar-refractivity contribution in [3.05, 3.63) is 65.3 Å². The van der Waals surface area contributed by atoms with Gasteiger partial charge in [-0.2, -0.15) is 9.78 Å². The van der Waals surface area contributed by atoms with Crippen LogP contribution >= 0.6 is 45.2 Å². The summed E-state index contributed by atoms with van der Waals surface area (Å²) in [6, 6.07) is 11.2. The Morgan fingerprint density at radius 3 is 2.53 bits per heavy atom. The molecule has 1 saturated carbocycles. The van der Waals surface area contributed by atoms with E-state index >= 15 is 0 Å². The Kier molecular flexibility index (Phi) is 8.22. The van der Waals surface area contributed by atoms with Gasteiger partial charge in [-0.05, 0) is 94.8 Å². The highest BCUT2D eigenvalue weighted by Crippen LogP contribution is 2.32. The molecule has 1 atom stereocenters. The lowest BCUT2D eigenvalue weighted by molar-refractivity contribution is -0.147. The van der Waals surface area contributed by atoms with E-state index in [0.29, 0.717) is 16.7 Å². The van der Waals surface area contributed by atoms with Crippen molar-refractivity contribution >= 4 is 68.3 Å². The predicted molar refractivity (Wildman–Crippen MR) is 149 cm³/mol. The van der Waals surface area contributed by atoms with Crippen LogP contribution in [0.5, 0.6) is 5.75 Å². The zero-order valence-corrected chi connectivity index (χ0v) is 23.3. The van der Waals surface area contributed by atoms with Crippen molar-refractivity contribution in [3.63, 3.8) is 0 Å². The van der Waals surface area contributed by atoms with Crippen molar-refractivity contribution in [2.24, 2.45) is 5.10 Å². The largest absolute Gasteiger partial charge is 0.477 e. The Morgan fingerprint density at radius 2 is 1.85 bits per heavy atom. The van der Waals surface area contributed by atoms with E-state index in [0.717, 1.165) is 44.2 Å². The maximum atomic E-state index is 13.4. The van der Waals surface area contributed by atoms with Gasteiger partial charge >= 0.3 is 5.97 Å². The molecule has 1 heterocycles. The molecule has 1 aliphatic carbocycles. The van der Waals surface area contributed by atoms with Gasteiger partial charge in [0.1, 0.15) is 11.6 Å². The lowest BCUT2D eigenvalue weighted by Gasteiger charge is -2.22. The number of hydrogen-bond donors (Lipinski definition) is 0. The van der Waals surface area contributed by atoms with Gasteiger partial charge in [0.05, 0.1) is 31.4 Å². The van der Waals surface area contributed by atoms with Crippen molar-refractivity contribution in [2.45, 2.75) is 51.0 Å². The minimum absolute atomic E-state index is 0.154. The number of nitrogens with zero attached hydrogens (tertiary/aromatic N) is 3. The number of fused-ring (bicyclic) bond motifs is 1. The number of rotatable bonds is 6. The third kappa shape index (κ3) is 5.45. The van der Waals surface area contributed by atoms with Gasteiger partial charge < -0.3 is 9.47 Å². The molecule has 4 rings (SSSR count). The molecule has 34 heavy (non-hydrogen) atoms. The molecule has 0 radical (unpaired) electrons. The smallest absolute Gasteiger partial charge is 0.346 e. The summed E-state index contributed by atoms with van der Waals surface area (Å²) in [5, 5.41) is 5.17. The molecule has 1 fully saturated rings. The molecule has 2 aromatic carbocycles. The van der Waals surface area contributed by atoms with Crippen molar-refractivity contribution in [1.82, 2.24) is 9.66 Å². The second-order valence-electron chi connectivity index (χ2n) is 8.28. The SMILES string of the molecule is COC(=O)[C@@H](C)Oc1c(I)cc(C=Nn2c(C3CCCCC3)nc3ccccc3c2=O)cc1I. The summed E-state index contributed by atoms with van der Waals surface area (Å²) >= 11 is 4.34. The Balaban J connectivity index is 1.71. The molecular formula is C25H25I2N3O4. The first-order valence-electron chi connectivity index (χ1n) is 11.2. The number of benzene rings is 2. The highest BCUT2D eigenvalue weighted by molar-refractivity contribution is 14.1. The van der Waals surface area contributed by atoms with Crippen LogP contribution in [-0.2, 0) is 9.53 Å². The topological polar surface area (TPSA) is 82.8 Å². The lowest BCUT2D eigenvalue weighted by Crippen LogP contribution is -2.25. The van der Waals surface area contributed by atoms with Crippen molar-refractivity contribution < 1.29 is 14.3 Å². The van der Waals surface area contributed by atoms with E-state index in [-0.39, 0.29) is 11.5 Å². The fourth-order valence-corrected chi connectivity index (χ4v) is 6.23. The predicted octanol–water partition coefficient (Wildman–Crippen LogP) is 5.48. The standard InChI is InChI=1S/C25H25I2N3O4/c1-15(25(32)33-2)34-22-19(26)12-16(13-20(22)27)14-28-30-23(17-8-4-3-5-9-17)29-21-11-7-6-10-18(21)24(30)31/h6-7,10-15,17H,3-5,8-9H2,1-2H3/t15-/m1/s1. The van der Waals surface area contributed by atoms with Crippen LogP contribution in [0.4, 0.5) is 0 Å². The highest BCUT2D eigenvalue weighted by atomic mass is 127. The fraction of sp³-hybridized carbons (Fsp3) is 0.360. The molecule has 178 valence electrons. The van der Waals surface area contributed by atoms with Crippen LogP contribution in [0.25, 0.3) is 10.9 Å². The normalized spacial score (nSPS) is 15.5. The number of carbonyl (C=O) groups excluding carboxylic acids is 1. The van der Waals surface area contributed by atoms with Gasteiger partial charge in [0.25, 0.3) is 5.56 Å². The van der Waals surface area contributed by atoms with Crippen molar-refractivity contribution in [3.8, 4) is 5.75 Å². The summed E-state index contributed by atoms with van der Waals surface area (Å²) < 4.78 is 13.7. The fourth-order valence-electron chi connectivity index (χ4n) is 4.16. The van der Waals surface area contributed by atoms with Gasteiger partial charge in [-0.25, -0.2) is 9.78 Å². The first kappa shape index (κ1) is 25.1. The summed E-state index contributed by atoms with van der Waals surface area (Å²) in [6.45, 7) is 1.65. The molecule has 0 amide bonds. The molecule has 0 bridgehead atoms. The summed E-state index contributed by atoms with van der Waals surface area (Å²) in [7, 11) is 1.34. The van der Waals surface area contributed by atoms with E-state index in [1.807, 2.05) is 30.3 Å². The number of methoxy groups -OCH3 is 1. The van der Waals surface area contributed by atoms with E-state index in [1.54, 1.807) is 19.2 Å². The molecule has 3 aromatic rings. The quantitative estimate of drug-likeness (QED) is 0.195. The van der Waals surface area contributed by atoms with Crippen LogP contribution in [0, 0.1) is 7.14 Å². The van der Waals surface area contributed by atoms with E-state index in [9.17, 15) is 9.59 Å². The van der Waals surface area contributed by atoms with Crippen LogP contribution in [0.15, 0.2) is 46.3 Å². The molecule has 0 saturated heterocycles. The van der Waals surface area contributed by atoms with E-state index in [1.165, 1.54) is 18.2 Å². The molecule has 9 heteroatoms. The van der Waals surface area contributed by atoms with Gasteiger partial charge in [0, 0.05) is 5.92 Å². The van der Waals surface area contributed by atoms with Gasteiger partial charge in [-0.15, -0.1) is 0 Å². The van der Waals surface area contributed by atoms with Crippen LogP contribution < -0.4 is 10.3 Å². The molecule has 0 spiro atoms. The second kappa shape index (κ2) is 11.1. The Morgan fingerprint density at radius 1 is 1.18 bits per heavy atom. The summed E-state index contributed by atoms with van der Waals surface area (Å²) in [5.74, 6) is 1.13. The zero-order valence-electron chi connectivity index (χ0n) is 19.0. The lowest BCUT2D eigenvalue weighted by atomic mass is 9.88. The van der Waals surface area contributed by atoms with Gasteiger partial charge in [-0.3, -0.25) is 4.79 Å². The van der Waals surface area contributed by atoms with Crippen LogP contribution in [-0.4, -0.2) is 35.1 Å². The number of carbonyl (C=O) groups is 1. The molecule has 0 N–H and O–H groups in total. The highest BCUT2D eigenvalue weighted by Gasteiger charge is 2.22. The van der Waals surface area contributed by atoms with Crippen LogP contribution in [0.1, 0.15) is 56.3 Å². The number of para-hydroxylation sites is 1. The van der Waals surface area contributed by atoms with Crippen LogP contribution in [0.2, 0.25) is 0 Å².